The van der Waals surface area contributed by atoms with Crippen molar-refractivity contribution in [2.75, 3.05) is 19.8 Å². The molecule has 0 fully saturated rings. The van der Waals surface area contributed by atoms with Gasteiger partial charge in [0.2, 0.25) is 0 Å². The van der Waals surface area contributed by atoms with E-state index in [4.69, 9.17) is 24.9 Å². The van der Waals surface area contributed by atoms with E-state index in [0.717, 1.165) is 52.3 Å². The first kappa shape index (κ1) is 18.2. The molecule has 1 atom stereocenters. The highest BCUT2D eigenvalue weighted by Crippen LogP contribution is 2.52. The fourth-order valence-electron chi connectivity index (χ4n) is 4.56. The highest BCUT2D eigenvalue weighted by Gasteiger charge is 2.47. The van der Waals surface area contributed by atoms with Gasteiger partial charge in [0.25, 0.3) is 6.02 Å². The summed E-state index contributed by atoms with van der Waals surface area (Å²) in [5, 5.41) is 0. The Kier molecular flexibility index (Phi) is 4.07. The normalized spacial score (nSPS) is 21.4. The predicted molar refractivity (Wildman–Crippen MR) is 118 cm³/mol. The molecular formula is C25H21N3O3. The first-order valence-corrected chi connectivity index (χ1v) is 10.4. The van der Waals surface area contributed by atoms with E-state index in [0.29, 0.717) is 13.2 Å². The summed E-state index contributed by atoms with van der Waals surface area (Å²) in [6, 6.07) is 16.6. The van der Waals surface area contributed by atoms with E-state index in [1.165, 1.54) is 5.57 Å². The second kappa shape index (κ2) is 6.96. The summed E-state index contributed by atoms with van der Waals surface area (Å²) < 4.78 is 17.5. The molecule has 0 bridgehead atoms. The molecular weight excluding hydrogens is 390 g/mol. The maximum atomic E-state index is 6.31. The van der Waals surface area contributed by atoms with Gasteiger partial charge in [0, 0.05) is 29.1 Å². The topological polar surface area (TPSA) is 79.0 Å². The number of amidine groups is 1. The Morgan fingerprint density at radius 1 is 0.935 bits per heavy atom. The Balaban J connectivity index is 1.53. The van der Waals surface area contributed by atoms with Gasteiger partial charge in [-0.1, -0.05) is 24.3 Å². The minimum atomic E-state index is -0.743. The Bertz CT molecular complexity index is 1240. The standard InChI is InChI=1S/C25H21N3O3/c26-24-28-25(15-30-24)20-12-17(16-7-10-29-11-8-16)3-5-22(20)31-23-6-4-18(13-21(23)25)19-2-1-9-27-14-19/h1-7,9,12-14H,8,10-11,15H2,(H2,26,28)/t25-/m1/s1. The Morgan fingerprint density at radius 2 is 1.74 bits per heavy atom. The number of nitrogens with zero attached hydrogens (tertiary/aromatic N) is 2. The van der Waals surface area contributed by atoms with Crippen LogP contribution in [0.5, 0.6) is 11.5 Å². The zero-order chi connectivity index (χ0) is 20.8. The minimum absolute atomic E-state index is 0.196. The number of benzene rings is 2. The lowest BCUT2D eigenvalue weighted by molar-refractivity contribution is 0.161. The van der Waals surface area contributed by atoms with Crippen LogP contribution >= 0.6 is 0 Å². The summed E-state index contributed by atoms with van der Waals surface area (Å²) >= 11 is 0. The highest BCUT2D eigenvalue weighted by molar-refractivity contribution is 5.79. The second-order valence-corrected chi connectivity index (χ2v) is 7.92. The van der Waals surface area contributed by atoms with Crippen LogP contribution in [-0.4, -0.2) is 30.8 Å². The summed E-state index contributed by atoms with van der Waals surface area (Å²) in [7, 11) is 0. The van der Waals surface area contributed by atoms with Gasteiger partial charge < -0.3 is 19.9 Å². The molecule has 154 valence electrons. The number of aliphatic imine (C=N–C) groups is 1. The van der Waals surface area contributed by atoms with Crippen molar-refractivity contribution in [1.82, 2.24) is 4.98 Å². The van der Waals surface area contributed by atoms with E-state index in [1.54, 1.807) is 6.20 Å². The van der Waals surface area contributed by atoms with E-state index in [-0.39, 0.29) is 6.02 Å². The molecule has 0 unspecified atom stereocenters. The number of hydrogen-bond donors (Lipinski definition) is 1. The summed E-state index contributed by atoms with van der Waals surface area (Å²) in [6.45, 7) is 1.71. The van der Waals surface area contributed by atoms with Gasteiger partial charge in [-0.05, 0) is 53.5 Å². The van der Waals surface area contributed by atoms with Crippen LogP contribution in [0.2, 0.25) is 0 Å². The van der Waals surface area contributed by atoms with Gasteiger partial charge >= 0.3 is 0 Å². The van der Waals surface area contributed by atoms with E-state index < -0.39 is 5.54 Å². The molecule has 0 amide bonds. The van der Waals surface area contributed by atoms with Crippen LogP contribution < -0.4 is 10.5 Å². The molecule has 3 aliphatic heterocycles. The monoisotopic (exact) mass is 411 g/mol. The summed E-state index contributed by atoms with van der Waals surface area (Å²) in [5.74, 6) is 1.54. The molecule has 2 aromatic carbocycles. The fraction of sp³-hybridized carbons (Fsp3) is 0.200. The second-order valence-electron chi connectivity index (χ2n) is 7.92. The predicted octanol–water partition coefficient (Wildman–Crippen LogP) is 4.25. The van der Waals surface area contributed by atoms with Crippen LogP contribution in [0.25, 0.3) is 16.7 Å². The van der Waals surface area contributed by atoms with E-state index in [2.05, 4.69) is 29.3 Å². The van der Waals surface area contributed by atoms with Crippen LogP contribution in [0.3, 0.4) is 0 Å². The largest absolute Gasteiger partial charge is 0.462 e. The van der Waals surface area contributed by atoms with Crippen molar-refractivity contribution < 1.29 is 14.2 Å². The third kappa shape index (κ3) is 2.91. The lowest BCUT2D eigenvalue weighted by Crippen LogP contribution is -2.31. The quantitative estimate of drug-likeness (QED) is 0.682. The van der Waals surface area contributed by atoms with Gasteiger partial charge in [0.05, 0.1) is 13.2 Å². The SMILES string of the molecule is NC1=N[C@]2(CO1)c1cc(C3=CCOCC3)ccc1Oc1ccc(-c3cccnc3)cc12. The Morgan fingerprint density at radius 3 is 2.42 bits per heavy atom. The molecule has 31 heavy (non-hydrogen) atoms. The third-order valence-corrected chi connectivity index (χ3v) is 6.13. The number of hydrogen-bond acceptors (Lipinski definition) is 6. The number of nitrogens with two attached hydrogens (primary N) is 1. The maximum Gasteiger partial charge on any atom is 0.283 e. The van der Waals surface area contributed by atoms with Crippen molar-refractivity contribution in [2.45, 2.75) is 12.0 Å². The Labute approximate surface area is 180 Å². The molecule has 1 spiro atoms. The number of rotatable bonds is 2. The van der Waals surface area contributed by atoms with Gasteiger partial charge in [-0.15, -0.1) is 0 Å². The maximum absolute atomic E-state index is 6.31. The van der Waals surface area contributed by atoms with E-state index >= 15 is 0 Å². The van der Waals surface area contributed by atoms with Crippen LogP contribution in [0.15, 0.2) is 72.0 Å². The van der Waals surface area contributed by atoms with E-state index in [1.807, 2.05) is 36.5 Å². The molecule has 6 heteroatoms. The zero-order valence-corrected chi connectivity index (χ0v) is 16.9. The highest BCUT2D eigenvalue weighted by atomic mass is 16.5. The molecule has 0 saturated heterocycles. The van der Waals surface area contributed by atoms with Crippen molar-refractivity contribution in [3.8, 4) is 22.6 Å². The average molecular weight is 411 g/mol. The van der Waals surface area contributed by atoms with Crippen molar-refractivity contribution in [3.63, 3.8) is 0 Å². The van der Waals surface area contributed by atoms with Crippen LogP contribution in [0.1, 0.15) is 23.1 Å². The molecule has 3 aromatic rings. The number of fused-ring (bicyclic) bond motifs is 4. The third-order valence-electron chi connectivity index (χ3n) is 6.13. The smallest absolute Gasteiger partial charge is 0.283 e. The Hall–Kier alpha value is -3.64. The van der Waals surface area contributed by atoms with Gasteiger partial charge in [-0.25, -0.2) is 4.99 Å². The van der Waals surface area contributed by atoms with Gasteiger partial charge in [0.15, 0.2) is 5.54 Å². The lowest BCUT2D eigenvalue weighted by Gasteiger charge is -2.34. The molecule has 0 saturated carbocycles. The van der Waals surface area contributed by atoms with Crippen molar-refractivity contribution in [3.05, 3.63) is 83.7 Å². The number of ether oxygens (including phenoxy) is 3. The first-order chi connectivity index (χ1) is 15.2. The van der Waals surface area contributed by atoms with Crippen molar-refractivity contribution >= 4 is 11.6 Å². The van der Waals surface area contributed by atoms with Crippen LogP contribution in [0.4, 0.5) is 0 Å². The molecule has 2 N–H and O–H groups in total. The molecule has 1 aromatic heterocycles. The summed E-state index contributed by atoms with van der Waals surface area (Å²) in [4.78, 5) is 9.07. The molecule has 0 aliphatic carbocycles. The van der Waals surface area contributed by atoms with Crippen LogP contribution in [-0.2, 0) is 15.0 Å². The van der Waals surface area contributed by atoms with E-state index in [9.17, 15) is 0 Å². The molecule has 6 rings (SSSR count). The molecule has 3 aliphatic rings. The molecule has 0 radical (unpaired) electrons. The summed E-state index contributed by atoms with van der Waals surface area (Å²) in [5.41, 5.74) is 11.7. The van der Waals surface area contributed by atoms with Gasteiger partial charge in [0.1, 0.15) is 18.1 Å². The van der Waals surface area contributed by atoms with Gasteiger partial charge in [-0.2, -0.15) is 0 Å². The molecule has 6 nitrogen and oxygen atoms in total. The average Bonchev–Trinajstić information content (AvgIpc) is 3.22. The lowest BCUT2D eigenvalue weighted by atomic mass is 9.79. The number of pyridine rings is 1. The van der Waals surface area contributed by atoms with Crippen molar-refractivity contribution in [2.24, 2.45) is 10.7 Å². The zero-order valence-electron chi connectivity index (χ0n) is 16.9. The number of aromatic nitrogens is 1. The minimum Gasteiger partial charge on any atom is -0.462 e. The first-order valence-electron chi connectivity index (χ1n) is 10.4. The van der Waals surface area contributed by atoms with Crippen LogP contribution in [0, 0.1) is 0 Å². The van der Waals surface area contributed by atoms with Gasteiger partial charge in [-0.3, -0.25) is 4.98 Å². The fourth-order valence-corrected chi connectivity index (χ4v) is 4.56. The summed E-state index contributed by atoms with van der Waals surface area (Å²) in [6.07, 6.45) is 6.64. The molecule has 4 heterocycles. The van der Waals surface area contributed by atoms with Crippen molar-refractivity contribution in [1.29, 1.82) is 0 Å².